The van der Waals surface area contributed by atoms with Gasteiger partial charge in [-0.3, -0.25) is 0 Å². The van der Waals surface area contributed by atoms with E-state index in [0.717, 1.165) is 42.5 Å². The second kappa shape index (κ2) is 6.80. The molecule has 20 heavy (non-hydrogen) atoms. The third-order valence-corrected chi connectivity index (χ3v) is 3.88. The van der Waals surface area contributed by atoms with Crippen molar-refractivity contribution in [3.8, 4) is 5.75 Å². The summed E-state index contributed by atoms with van der Waals surface area (Å²) < 4.78 is 0. The lowest BCUT2D eigenvalue weighted by molar-refractivity contribution is 0.278. The maximum atomic E-state index is 10.3. The SMILES string of the molecule is CCCN(CCC)CCc1c[nH]c2ccc(C)c(O)c12. The molecule has 0 aliphatic heterocycles. The van der Waals surface area contributed by atoms with Crippen LogP contribution in [0.1, 0.15) is 37.8 Å². The summed E-state index contributed by atoms with van der Waals surface area (Å²) >= 11 is 0. The molecule has 1 aromatic heterocycles. The van der Waals surface area contributed by atoms with Gasteiger partial charge in [-0.1, -0.05) is 19.9 Å². The van der Waals surface area contributed by atoms with E-state index in [1.807, 2.05) is 25.3 Å². The number of rotatable bonds is 7. The molecule has 0 amide bonds. The Labute approximate surface area is 121 Å². The molecule has 2 aromatic rings. The Bertz CT molecular complexity index is 553. The molecule has 2 N–H and O–H groups in total. The molecule has 0 spiro atoms. The van der Waals surface area contributed by atoms with Gasteiger partial charge in [-0.15, -0.1) is 0 Å². The summed E-state index contributed by atoms with van der Waals surface area (Å²) in [5, 5.41) is 11.3. The predicted molar refractivity (Wildman–Crippen MR) is 85.4 cm³/mol. The lowest BCUT2D eigenvalue weighted by Crippen LogP contribution is -2.27. The quantitative estimate of drug-likeness (QED) is 0.805. The number of aromatic hydroxyl groups is 1. The van der Waals surface area contributed by atoms with Crippen LogP contribution in [-0.4, -0.2) is 34.6 Å². The first-order valence-electron chi connectivity index (χ1n) is 7.68. The number of H-pyrrole nitrogens is 1. The molecule has 1 heterocycles. The highest BCUT2D eigenvalue weighted by Gasteiger charge is 2.11. The summed E-state index contributed by atoms with van der Waals surface area (Å²) in [6.07, 6.45) is 5.41. The summed E-state index contributed by atoms with van der Waals surface area (Å²) in [6, 6.07) is 4.00. The molecule has 0 aliphatic rings. The zero-order chi connectivity index (χ0) is 14.5. The molecule has 3 heteroatoms. The summed E-state index contributed by atoms with van der Waals surface area (Å²) in [5.41, 5.74) is 3.19. The van der Waals surface area contributed by atoms with E-state index < -0.39 is 0 Å². The van der Waals surface area contributed by atoms with Crippen LogP contribution >= 0.6 is 0 Å². The summed E-state index contributed by atoms with van der Waals surface area (Å²) in [4.78, 5) is 5.77. The first kappa shape index (κ1) is 14.9. The predicted octanol–water partition coefficient (Wildman–Crippen LogP) is 3.85. The Balaban J connectivity index is 2.15. The van der Waals surface area contributed by atoms with Crippen LogP contribution < -0.4 is 0 Å². The second-order valence-corrected chi connectivity index (χ2v) is 5.56. The van der Waals surface area contributed by atoms with Crippen LogP contribution in [0.2, 0.25) is 0 Å². The van der Waals surface area contributed by atoms with E-state index in [1.165, 1.54) is 18.4 Å². The van der Waals surface area contributed by atoms with Crippen molar-refractivity contribution < 1.29 is 5.11 Å². The molecule has 0 bridgehead atoms. The topological polar surface area (TPSA) is 39.3 Å². The van der Waals surface area contributed by atoms with Crippen LogP contribution in [0.5, 0.6) is 5.75 Å². The molecule has 3 nitrogen and oxygen atoms in total. The molecule has 0 saturated heterocycles. The fourth-order valence-electron chi connectivity index (χ4n) is 2.82. The van der Waals surface area contributed by atoms with Gasteiger partial charge in [0.1, 0.15) is 5.75 Å². The Morgan fingerprint density at radius 3 is 2.45 bits per heavy atom. The molecule has 110 valence electrons. The van der Waals surface area contributed by atoms with Gasteiger partial charge in [0.25, 0.3) is 0 Å². The zero-order valence-electron chi connectivity index (χ0n) is 12.9. The largest absolute Gasteiger partial charge is 0.507 e. The zero-order valence-corrected chi connectivity index (χ0v) is 12.9. The van der Waals surface area contributed by atoms with Gasteiger partial charge in [-0.05, 0) is 56.5 Å². The Morgan fingerprint density at radius 2 is 1.80 bits per heavy atom. The number of benzene rings is 1. The minimum Gasteiger partial charge on any atom is -0.507 e. The highest BCUT2D eigenvalue weighted by molar-refractivity contribution is 5.90. The highest BCUT2D eigenvalue weighted by Crippen LogP contribution is 2.31. The number of aromatic amines is 1. The summed E-state index contributed by atoms with van der Waals surface area (Å²) in [7, 11) is 0. The Hall–Kier alpha value is -1.48. The number of phenolic OH excluding ortho intramolecular Hbond substituents is 1. The number of phenols is 1. The van der Waals surface area contributed by atoms with E-state index in [2.05, 4.69) is 23.7 Å². The molecular weight excluding hydrogens is 248 g/mol. The standard InChI is InChI=1S/C17H26N2O/c1-4-9-19(10-5-2)11-8-14-12-18-15-7-6-13(3)17(20)16(14)15/h6-7,12,18,20H,4-5,8-11H2,1-3H3. The first-order valence-corrected chi connectivity index (χ1v) is 7.68. The van der Waals surface area contributed by atoms with E-state index in [0.29, 0.717) is 5.75 Å². The van der Waals surface area contributed by atoms with Crippen molar-refractivity contribution in [2.45, 2.75) is 40.0 Å². The molecule has 2 rings (SSSR count). The fourth-order valence-corrected chi connectivity index (χ4v) is 2.82. The monoisotopic (exact) mass is 274 g/mol. The molecule has 0 saturated carbocycles. The van der Waals surface area contributed by atoms with Crippen LogP contribution in [0.25, 0.3) is 10.9 Å². The smallest absolute Gasteiger partial charge is 0.128 e. The van der Waals surface area contributed by atoms with E-state index in [1.54, 1.807) is 0 Å². The van der Waals surface area contributed by atoms with Crippen molar-refractivity contribution in [1.82, 2.24) is 9.88 Å². The van der Waals surface area contributed by atoms with Crippen LogP contribution in [0.15, 0.2) is 18.3 Å². The number of nitrogens with one attached hydrogen (secondary N) is 1. The average molecular weight is 274 g/mol. The normalized spacial score (nSPS) is 11.6. The van der Waals surface area contributed by atoms with Crippen molar-refractivity contribution in [1.29, 1.82) is 0 Å². The number of nitrogens with zero attached hydrogens (tertiary/aromatic N) is 1. The number of hydrogen-bond acceptors (Lipinski definition) is 2. The minimum absolute atomic E-state index is 0.427. The molecule has 0 atom stereocenters. The van der Waals surface area contributed by atoms with E-state index in [4.69, 9.17) is 0 Å². The molecule has 0 fully saturated rings. The maximum absolute atomic E-state index is 10.3. The minimum atomic E-state index is 0.427. The molecule has 0 radical (unpaired) electrons. The van der Waals surface area contributed by atoms with Crippen molar-refractivity contribution >= 4 is 10.9 Å². The molecule has 1 aromatic carbocycles. The number of aromatic nitrogens is 1. The van der Waals surface area contributed by atoms with Crippen molar-refractivity contribution in [3.05, 3.63) is 29.5 Å². The molecular formula is C17H26N2O. The van der Waals surface area contributed by atoms with Gasteiger partial charge in [0.05, 0.1) is 0 Å². The van der Waals surface area contributed by atoms with E-state index in [-0.39, 0.29) is 0 Å². The van der Waals surface area contributed by atoms with Crippen molar-refractivity contribution in [3.63, 3.8) is 0 Å². The lowest BCUT2D eigenvalue weighted by atomic mass is 10.1. The van der Waals surface area contributed by atoms with Crippen molar-refractivity contribution in [2.75, 3.05) is 19.6 Å². The molecule has 0 aliphatic carbocycles. The maximum Gasteiger partial charge on any atom is 0.128 e. The van der Waals surface area contributed by atoms with E-state index in [9.17, 15) is 5.11 Å². The van der Waals surface area contributed by atoms with Gasteiger partial charge in [0.15, 0.2) is 0 Å². The Morgan fingerprint density at radius 1 is 1.10 bits per heavy atom. The molecule has 0 unspecified atom stereocenters. The van der Waals surface area contributed by atoms with Crippen LogP contribution in [0.3, 0.4) is 0 Å². The average Bonchev–Trinajstić information content (AvgIpc) is 2.85. The van der Waals surface area contributed by atoms with Crippen LogP contribution in [0, 0.1) is 6.92 Å². The van der Waals surface area contributed by atoms with Crippen LogP contribution in [-0.2, 0) is 6.42 Å². The van der Waals surface area contributed by atoms with Gasteiger partial charge in [-0.2, -0.15) is 0 Å². The van der Waals surface area contributed by atoms with Crippen LogP contribution in [0.4, 0.5) is 0 Å². The third kappa shape index (κ3) is 3.15. The van der Waals surface area contributed by atoms with Gasteiger partial charge in [0.2, 0.25) is 0 Å². The highest BCUT2D eigenvalue weighted by atomic mass is 16.3. The summed E-state index contributed by atoms with van der Waals surface area (Å²) in [6.45, 7) is 9.77. The second-order valence-electron chi connectivity index (χ2n) is 5.56. The number of hydrogen-bond donors (Lipinski definition) is 2. The van der Waals surface area contributed by atoms with E-state index >= 15 is 0 Å². The Kier molecular flexibility index (Phi) is 5.07. The van der Waals surface area contributed by atoms with Gasteiger partial charge in [0, 0.05) is 23.6 Å². The lowest BCUT2D eigenvalue weighted by Gasteiger charge is -2.20. The number of aryl methyl sites for hydroxylation is 1. The van der Waals surface area contributed by atoms with Gasteiger partial charge >= 0.3 is 0 Å². The third-order valence-electron chi connectivity index (χ3n) is 3.88. The van der Waals surface area contributed by atoms with Crippen molar-refractivity contribution in [2.24, 2.45) is 0 Å². The first-order chi connectivity index (χ1) is 9.67. The number of fused-ring (bicyclic) bond motifs is 1. The fraction of sp³-hybridized carbons (Fsp3) is 0.529. The van der Waals surface area contributed by atoms with Gasteiger partial charge < -0.3 is 15.0 Å². The summed E-state index contributed by atoms with van der Waals surface area (Å²) in [5.74, 6) is 0.427. The van der Waals surface area contributed by atoms with Gasteiger partial charge in [-0.25, -0.2) is 0 Å².